The first kappa shape index (κ1) is 13.0. The lowest BCUT2D eigenvalue weighted by Gasteiger charge is -2.13. The van der Waals surface area contributed by atoms with Gasteiger partial charge in [0.25, 0.3) is 0 Å². The summed E-state index contributed by atoms with van der Waals surface area (Å²) in [6, 6.07) is 2.53. The quantitative estimate of drug-likeness (QED) is 0.858. The van der Waals surface area contributed by atoms with Crippen molar-refractivity contribution >= 4 is 11.9 Å². The SMILES string of the molecule is O=C(O)Cc1c(C(=O)O)cccc1C(F)(F)F. The molecule has 0 aliphatic carbocycles. The van der Waals surface area contributed by atoms with E-state index in [4.69, 9.17) is 10.2 Å². The van der Waals surface area contributed by atoms with Crippen LogP contribution in [0, 0.1) is 0 Å². The Hall–Kier alpha value is -2.05. The maximum absolute atomic E-state index is 12.6. The molecule has 0 spiro atoms. The number of hydrogen-bond donors (Lipinski definition) is 2. The summed E-state index contributed by atoms with van der Waals surface area (Å²) in [4.78, 5) is 21.2. The maximum atomic E-state index is 12.6. The zero-order chi connectivity index (χ0) is 13.2. The van der Waals surface area contributed by atoms with E-state index < -0.39 is 41.2 Å². The summed E-state index contributed by atoms with van der Waals surface area (Å²) in [6.07, 6.45) is -5.77. The molecular formula is C10H7F3O4. The van der Waals surface area contributed by atoms with Gasteiger partial charge in [0.1, 0.15) is 0 Å². The first-order valence-corrected chi connectivity index (χ1v) is 4.37. The van der Waals surface area contributed by atoms with Crippen molar-refractivity contribution in [1.29, 1.82) is 0 Å². The van der Waals surface area contributed by atoms with Crippen molar-refractivity contribution < 1.29 is 33.0 Å². The molecule has 0 aromatic heterocycles. The predicted octanol–water partition coefficient (Wildman–Crippen LogP) is 2.03. The molecule has 0 radical (unpaired) electrons. The number of alkyl halides is 3. The van der Waals surface area contributed by atoms with Crippen LogP contribution in [0.2, 0.25) is 0 Å². The molecule has 1 rings (SSSR count). The molecule has 0 aliphatic heterocycles. The lowest BCUT2D eigenvalue weighted by molar-refractivity contribution is -0.139. The van der Waals surface area contributed by atoms with Crippen LogP contribution in [0.25, 0.3) is 0 Å². The Bertz CT molecular complexity index is 465. The van der Waals surface area contributed by atoms with Gasteiger partial charge in [-0.2, -0.15) is 13.2 Å². The minimum Gasteiger partial charge on any atom is -0.481 e. The van der Waals surface area contributed by atoms with Crippen molar-refractivity contribution in [1.82, 2.24) is 0 Å². The van der Waals surface area contributed by atoms with E-state index in [1.54, 1.807) is 0 Å². The summed E-state index contributed by atoms with van der Waals surface area (Å²) >= 11 is 0. The fraction of sp³-hybridized carbons (Fsp3) is 0.200. The molecule has 0 bridgehead atoms. The van der Waals surface area contributed by atoms with Crippen LogP contribution in [0.3, 0.4) is 0 Å². The number of carboxylic acid groups (broad SMARTS) is 2. The molecule has 0 unspecified atom stereocenters. The van der Waals surface area contributed by atoms with Gasteiger partial charge in [0.05, 0.1) is 17.5 Å². The van der Waals surface area contributed by atoms with Gasteiger partial charge in [-0.05, 0) is 17.7 Å². The monoisotopic (exact) mass is 248 g/mol. The Kier molecular flexibility index (Phi) is 3.40. The van der Waals surface area contributed by atoms with E-state index in [-0.39, 0.29) is 0 Å². The summed E-state index contributed by atoms with van der Waals surface area (Å²) in [5.74, 6) is -3.11. The standard InChI is InChI=1S/C10H7F3O4/c11-10(12,13)7-3-1-2-5(9(16)17)6(7)4-8(14)15/h1-3H,4H2,(H,14,15)(H,16,17). The van der Waals surface area contributed by atoms with Crippen LogP contribution in [0.1, 0.15) is 21.5 Å². The second kappa shape index (κ2) is 4.44. The average molecular weight is 248 g/mol. The van der Waals surface area contributed by atoms with Crippen LogP contribution in [0.15, 0.2) is 18.2 Å². The van der Waals surface area contributed by atoms with Crippen LogP contribution >= 0.6 is 0 Å². The van der Waals surface area contributed by atoms with Gasteiger partial charge >= 0.3 is 18.1 Å². The van der Waals surface area contributed by atoms with Gasteiger partial charge in [-0.1, -0.05) is 6.07 Å². The Labute approximate surface area is 93.3 Å². The van der Waals surface area contributed by atoms with Crippen LogP contribution in [-0.2, 0) is 17.4 Å². The molecule has 0 heterocycles. The lowest BCUT2D eigenvalue weighted by atomic mass is 9.98. The van der Waals surface area contributed by atoms with Gasteiger partial charge in [0, 0.05) is 0 Å². The molecule has 0 fully saturated rings. The highest BCUT2D eigenvalue weighted by atomic mass is 19.4. The topological polar surface area (TPSA) is 74.6 Å². The maximum Gasteiger partial charge on any atom is 0.416 e. The summed E-state index contributed by atoms with van der Waals surface area (Å²) in [7, 11) is 0. The second-order valence-corrected chi connectivity index (χ2v) is 3.21. The highest BCUT2D eigenvalue weighted by molar-refractivity contribution is 5.91. The van der Waals surface area contributed by atoms with E-state index in [1.807, 2.05) is 0 Å². The van der Waals surface area contributed by atoms with E-state index in [0.717, 1.165) is 12.1 Å². The Morgan fingerprint density at radius 3 is 2.18 bits per heavy atom. The lowest BCUT2D eigenvalue weighted by Crippen LogP contribution is -2.16. The number of carbonyl (C=O) groups is 2. The molecule has 1 aromatic rings. The van der Waals surface area contributed by atoms with Crippen molar-refractivity contribution in [2.75, 3.05) is 0 Å². The van der Waals surface area contributed by atoms with Crippen LogP contribution in [0.4, 0.5) is 13.2 Å². The van der Waals surface area contributed by atoms with E-state index in [2.05, 4.69) is 0 Å². The van der Waals surface area contributed by atoms with Crippen LogP contribution in [0.5, 0.6) is 0 Å². The molecule has 0 atom stereocenters. The molecule has 1 aromatic carbocycles. The third-order valence-corrected chi connectivity index (χ3v) is 2.04. The fourth-order valence-electron chi connectivity index (χ4n) is 1.39. The molecular weight excluding hydrogens is 241 g/mol. The molecule has 17 heavy (non-hydrogen) atoms. The van der Waals surface area contributed by atoms with Crippen molar-refractivity contribution in [2.45, 2.75) is 12.6 Å². The van der Waals surface area contributed by atoms with Crippen LogP contribution < -0.4 is 0 Å². The number of halogens is 3. The largest absolute Gasteiger partial charge is 0.481 e. The number of aromatic carboxylic acids is 1. The molecule has 0 aliphatic rings. The number of carboxylic acids is 2. The average Bonchev–Trinajstić information content (AvgIpc) is 2.14. The molecule has 2 N–H and O–H groups in total. The Morgan fingerprint density at radius 2 is 1.76 bits per heavy atom. The van der Waals surface area contributed by atoms with Crippen LogP contribution in [-0.4, -0.2) is 22.2 Å². The Morgan fingerprint density at radius 1 is 1.18 bits per heavy atom. The minimum absolute atomic E-state index is 0.651. The number of rotatable bonds is 3. The van der Waals surface area contributed by atoms with Gasteiger partial charge in [-0.25, -0.2) is 4.79 Å². The van der Waals surface area contributed by atoms with E-state index in [1.165, 1.54) is 0 Å². The fourth-order valence-corrected chi connectivity index (χ4v) is 1.39. The highest BCUT2D eigenvalue weighted by Gasteiger charge is 2.35. The summed E-state index contributed by atoms with van der Waals surface area (Å²) in [6.45, 7) is 0. The molecule has 0 amide bonds. The predicted molar refractivity (Wildman–Crippen MR) is 49.7 cm³/mol. The summed E-state index contributed by atoms with van der Waals surface area (Å²) in [5.41, 5.74) is -2.62. The van der Waals surface area contributed by atoms with Gasteiger partial charge in [0.2, 0.25) is 0 Å². The number of hydrogen-bond acceptors (Lipinski definition) is 2. The zero-order valence-corrected chi connectivity index (χ0v) is 8.28. The van der Waals surface area contributed by atoms with E-state index in [0.29, 0.717) is 6.07 Å². The van der Waals surface area contributed by atoms with Gasteiger partial charge in [0.15, 0.2) is 0 Å². The van der Waals surface area contributed by atoms with Crippen molar-refractivity contribution in [3.05, 3.63) is 34.9 Å². The number of benzene rings is 1. The third-order valence-electron chi connectivity index (χ3n) is 2.04. The molecule has 92 valence electrons. The molecule has 0 saturated heterocycles. The molecule has 4 nitrogen and oxygen atoms in total. The minimum atomic E-state index is -4.78. The van der Waals surface area contributed by atoms with Crippen molar-refractivity contribution in [3.8, 4) is 0 Å². The summed E-state index contributed by atoms with van der Waals surface area (Å²) in [5, 5.41) is 17.2. The van der Waals surface area contributed by atoms with E-state index >= 15 is 0 Å². The third kappa shape index (κ3) is 2.96. The smallest absolute Gasteiger partial charge is 0.416 e. The number of aliphatic carboxylic acids is 1. The Balaban J connectivity index is 3.45. The van der Waals surface area contributed by atoms with E-state index in [9.17, 15) is 22.8 Å². The second-order valence-electron chi connectivity index (χ2n) is 3.21. The first-order valence-electron chi connectivity index (χ1n) is 4.37. The molecule has 0 saturated carbocycles. The molecule has 7 heteroatoms. The normalized spacial score (nSPS) is 11.2. The summed E-state index contributed by atoms with van der Waals surface area (Å²) < 4.78 is 37.7. The van der Waals surface area contributed by atoms with Crippen molar-refractivity contribution in [2.24, 2.45) is 0 Å². The van der Waals surface area contributed by atoms with Gasteiger partial charge < -0.3 is 10.2 Å². The highest BCUT2D eigenvalue weighted by Crippen LogP contribution is 2.33. The van der Waals surface area contributed by atoms with Crippen molar-refractivity contribution in [3.63, 3.8) is 0 Å². The first-order chi connectivity index (χ1) is 7.73. The van der Waals surface area contributed by atoms with Gasteiger partial charge in [-0.15, -0.1) is 0 Å². The van der Waals surface area contributed by atoms with Gasteiger partial charge in [-0.3, -0.25) is 4.79 Å². The zero-order valence-electron chi connectivity index (χ0n) is 8.28.